The summed E-state index contributed by atoms with van der Waals surface area (Å²) in [5.41, 5.74) is 20.0. The maximum absolute atomic E-state index is 12.1. The number of anilines is 1. The molecule has 0 fully saturated rings. The van der Waals surface area contributed by atoms with E-state index in [0.29, 0.717) is 51.5 Å². The van der Waals surface area contributed by atoms with Gasteiger partial charge in [0.05, 0.1) is 30.3 Å². The number of guanidine groups is 1. The average Bonchev–Trinajstić information content (AvgIpc) is 3.21. The van der Waals surface area contributed by atoms with Gasteiger partial charge in [0.25, 0.3) is 0 Å². The molecule has 2 heterocycles. The van der Waals surface area contributed by atoms with E-state index in [-0.39, 0.29) is 11.9 Å². The number of benzene rings is 1. The number of para-hydroxylation sites is 1. The molecule has 0 aliphatic rings. The number of imidazole rings is 1. The van der Waals surface area contributed by atoms with E-state index in [4.69, 9.17) is 32.3 Å². The lowest BCUT2D eigenvalue weighted by Crippen LogP contribution is -2.42. The summed E-state index contributed by atoms with van der Waals surface area (Å²) in [6, 6.07) is 7.34. The Balaban J connectivity index is 1.54. The molecular weight excluding hydrogens is 446 g/mol. The number of nitrogens with one attached hydrogen (secondary N) is 3. The second-order valence-electron chi connectivity index (χ2n) is 8.49. The van der Waals surface area contributed by atoms with Crippen LogP contribution in [0, 0.1) is 5.41 Å². The highest BCUT2D eigenvalue weighted by Crippen LogP contribution is 2.29. The van der Waals surface area contributed by atoms with Gasteiger partial charge < -0.3 is 37.1 Å². The van der Waals surface area contributed by atoms with Crippen LogP contribution in [0.25, 0.3) is 21.9 Å². The molecule has 11 heteroatoms. The maximum Gasteiger partial charge on any atom is 0.236 e. The van der Waals surface area contributed by atoms with E-state index in [1.807, 2.05) is 24.3 Å². The van der Waals surface area contributed by atoms with Crippen LogP contribution >= 0.6 is 0 Å². The summed E-state index contributed by atoms with van der Waals surface area (Å²) in [5, 5.41) is 13.6. The molecule has 0 bridgehead atoms. The van der Waals surface area contributed by atoms with E-state index >= 15 is 0 Å². The Morgan fingerprint density at radius 2 is 1.97 bits per heavy atom. The van der Waals surface area contributed by atoms with Gasteiger partial charge in [-0.05, 0) is 25.3 Å². The van der Waals surface area contributed by atoms with Gasteiger partial charge in [0.2, 0.25) is 5.91 Å². The molecule has 11 nitrogen and oxygen atoms in total. The Morgan fingerprint density at radius 3 is 2.74 bits per heavy atom. The third-order valence-corrected chi connectivity index (χ3v) is 5.79. The number of nitrogens with zero attached hydrogens (tertiary/aromatic N) is 3. The highest BCUT2D eigenvalue weighted by molar-refractivity contribution is 6.06. The predicted octanol–water partition coefficient (Wildman–Crippen LogP) is 1.23. The first kappa shape index (κ1) is 26.2. The van der Waals surface area contributed by atoms with Gasteiger partial charge in [0.15, 0.2) is 11.8 Å². The number of pyridine rings is 1. The van der Waals surface area contributed by atoms with Crippen LogP contribution < -0.4 is 27.8 Å². The highest BCUT2D eigenvalue weighted by Gasteiger charge is 2.17. The number of unbranched alkanes of at least 4 members (excludes halogenated alkanes) is 1. The van der Waals surface area contributed by atoms with Crippen molar-refractivity contribution < 1.29 is 9.53 Å². The predicted molar refractivity (Wildman–Crippen MR) is 139 cm³/mol. The lowest BCUT2D eigenvalue weighted by Gasteiger charge is -2.13. The summed E-state index contributed by atoms with van der Waals surface area (Å²) in [7, 11) is 0. The number of carbonyl (C=O) groups is 1. The molecule has 0 unspecified atom stereocenters. The molecule has 1 aromatic carbocycles. The minimum atomic E-state index is -0.602. The van der Waals surface area contributed by atoms with Crippen molar-refractivity contribution in [1.82, 2.24) is 25.2 Å². The maximum atomic E-state index is 12.1. The van der Waals surface area contributed by atoms with Crippen molar-refractivity contribution in [2.45, 2.75) is 51.6 Å². The standard InChI is InChI=1S/C24H37N9O2/c1-2-3-10-19-32-20-21(16-7-4-5-9-18(16)31-22(20)26)33(19)13-15-35-14-12-29-23(34)17(25)8-6-11-30-24(27)28/h4-5,7,9,17H,2-3,6,8,10-15,25H2,1H3,(H2,26,31)(H,29,34)(H4,27,28,30)/t17-/m0/s1. The molecule has 0 radical (unpaired) electrons. The molecule has 2 aromatic heterocycles. The van der Waals surface area contributed by atoms with Crippen molar-refractivity contribution in [2.24, 2.45) is 11.5 Å². The third-order valence-electron chi connectivity index (χ3n) is 5.79. The average molecular weight is 484 g/mol. The van der Waals surface area contributed by atoms with Crippen LogP contribution in [0.4, 0.5) is 5.82 Å². The molecule has 1 atom stereocenters. The number of nitrogen functional groups attached to an aromatic ring is 1. The third kappa shape index (κ3) is 7.03. The van der Waals surface area contributed by atoms with Crippen LogP contribution in [0.5, 0.6) is 0 Å². The molecule has 3 aromatic rings. The van der Waals surface area contributed by atoms with Crippen molar-refractivity contribution in [3.8, 4) is 0 Å². The van der Waals surface area contributed by atoms with Crippen LogP contribution in [-0.2, 0) is 22.5 Å². The van der Waals surface area contributed by atoms with Gasteiger partial charge in [-0.1, -0.05) is 31.5 Å². The molecule has 3 rings (SSSR count). The van der Waals surface area contributed by atoms with Gasteiger partial charge in [-0.25, -0.2) is 9.97 Å². The zero-order chi connectivity index (χ0) is 25.2. The van der Waals surface area contributed by atoms with Gasteiger partial charge in [-0.2, -0.15) is 0 Å². The zero-order valence-corrected chi connectivity index (χ0v) is 20.3. The van der Waals surface area contributed by atoms with Crippen LogP contribution in [0.2, 0.25) is 0 Å². The molecule has 0 aliphatic carbocycles. The molecule has 1 amide bonds. The number of nitrogens with two attached hydrogens (primary N) is 3. The summed E-state index contributed by atoms with van der Waals surface area (Å²) < 4.78 is 8.00. The molecule has 0 spiro atoms. The molecule has 9 N–H and O–H groups in total. The monoisotopic (exact) mass is 483 g/mol. The van der Waals surface area contributed by atoms with Crippen LogP contribution in [-0.4, -0.2) is 58.7 Å². The number of aryl methyl sites for hydroxylation is 1. The zero-order valence-electron chi connectivity index (χ0n) is 20.3. The van der Waals surface area contributed by atoms with E-state index in [1.165, 1.54) is 0 Å². The summed E-state index contributed by atoms with van der Waals surface area (Å²) in [6.45, 7) is 4.53. The molecule has 0 saturated carbocycles. The second-order valence-corrected chi connectivity index (χ2v) is 8.49. The van der Waals surface area contributed by atoms with Crippen LogP contribution in [0.15, 0.2) is 24.3 Å². The largest absolute Gasteiger partial charge is 0.382 e. The lowest BCUT2D eigenvalue weighted by molar-refractivity contribution is -0.122. The minimum absolute atomic E-state index is 0.0883. The number of ether oxygens (including phenoxy) is 1. The number of aromatic nitrogens is 3. The van der Waals surface area contributed by atoms with Gasteiger partial charge in [0.1, 0.15) is 11.3 Å². The van der Waals surface area contributed by atoms with Gasteiger partial charge in [0, 0.05) is 31.4 Å². The van der Waals surface area contributed by atoms with Gasteiger partial charge in [-0.15, -0.1) is 0 Å². The Hall–Kier alpha value is -3.44. The van der Waals surface area contributed by atoms with E-state index in [9.17, 15) is 4.79 Å². The second kappa shape index (κ2) is 12.9. The summed E-state index contributed by atoms with van der Waals surface area (Å²) in [5.74, 6) is 1.11. The van der Waals surface area contributed by atoms with E-state index in [0.717, 1.165) is 47.0 Å². The number of amides is 1. The minimum Gasteiger partial charge on any atom is -0.382 e. The van der Waals surface area contributed by atoms with Crippen molar-refractivity contribution in [1.29, 1.82) is 5.41 Å². The molecule has 190 valence electrons. The SMILES string of the molecule is CCCCc1nc2c(N)nc3ccccc3c2n1CCOCCNC(=O)[C@@H](N)CCCNC(=N)N. The number of rotatable bonds is 14. The van der Waals surface area contributed by atoms with Gasteiger partial charge in [-0.3, -0.25) is 10.2 Å². The van der Waals surface area contributed by atoms with Crippen molar-refractivity contribution in [3.05, 3.63) is 30.1 Å². The summed E-state index contributed by atoms with van der Waals surface area (Å²) >= 11 is 0. The Bertz CT molecular complexity index is 1140. The molecule has 0 saturated heterocycles. The normalized spacial score (nSPS) is 12.2. The topological polar surface area (TPSA) is 183 Å². The first-order valence-corrected chi connectivity index (χ1v) is 12.1. The highest BCUT2D eigenvalue weighted by atomic mass is 16.5. The quantitative estimate of drug-likeness (QED) is 0.112. The lowest BCUT2D eigenvalue weighted by atomic mass is 10.1. The van der Waals surface area contributed by atoms with E-state index < -0.39 is 6.04 Å². The fraction of sp³-hybridized carbons (Fsp3) is 0.500. The van der Waals surface area contributed by atoms with E-state index in [1.54, 1.807) is 0 Å². The molecule has 0 aliphatic heterocycles. The van der Waals surface area contributed by atoms with Crippen molar-refractivity contribution in [2.75, 3.05) is 32.0 Å². The fourth-order valence-corrected chi connectivity index (χ4v) is 3.98. The molecular formula is C24H37N9O2. The Labute approximate surface area is 205 Å². The number of carbonyl (C=O) groups excluding carboxylic acids is 1. The fourth-order valence-electron chi connectivity index (χ4n) is 3.98. The molecule has 35 heavy (non-hydrogen) atoms. The number of fused-ring (bicyclic) bond motifs is 3. The number of hydrogen-bond acceptors (Lipinski definition) is 7. The van der Waals surface area contributed by atoms with Crippen LogP contribution in [0.1, 0.15) is 38.4 Å². The Morgan fingerprint density at radius 1 is 1.17 bits per heavy atom. The smallest absolute Gasteiger partial charge is 0.236 e. The van der Waals surface area contributed by atoms with E-state index in [2.05, 4.69) is 27.1 Å². The number of hydrogen-bond donors (Lipinski definition) is 6. The summed E-state index contributed by atoms with van der Waals surface area (Å²) in [4.78, 5) is 21.5. The first-order valence-electron chi connectivity index (χ1n) is 12.1. The van der Waals surface area contributed by atoms with Gasteiger partial charge >= 0.3 is 0 Å². The Kier molecular flexibility index (Phi) is 9.62. The van der Waals surface area contributed by atoms with Crippen LogP contribution in [0.3, 0.4) is 0 Å². The van der Waals surface area contributed by atoms with Crippen molar-refractivity contribution in [3.63, 3.8) is 0 Å². The van der Waals surface area contributed by atoms with Crippen molar-refractivity contribution >= 4 is 39.6 Å². The summed E-state index contributed by atoms with van der Waals surface area (Å²) in [6.07, 6.45) is 4.12. The first-order chi connectivity index (χ1) is 16.9.